The molecule has 18 heavy (non-hydrogen) atoms. The topological polar surface area (TPSA) is 81.5 Å². The first-order valence-corrected chi connectivity index (χ1v) is 6.43. The number of alkyl halides is 1. The third kappa shape index (κ3) is 4.80. The Kier molecular flexibility index (Phi) is 6.31. The van der Waals surface area contributed by atoms with Gasteiger partial charge >= 0.3 is 0 Å². The van der Waals surface area contributed by atoms with Crippen LogP contribution in [0.3, 0.4) is 0 Å². The quantitative estimate of drug-likeness (QED) is 0.359. The average molecular weight is 317 g/mol. The predicted octanol–water partition coefficient (Wildman–Crippen LogP) is 1.74. The Bertz CT molecular complexity index is 425. The van der Waals surface area contributed by atoms with Gasteiger partial charge in [-0.05, 0) is 6.07 Å². The number of halogens is 1. The van der Waals surface area contributed by atoms with Crippen LogP contribution in [-0.2, 0) is 4.74 Å². The number of nitro benzene ring substituents is 1. The summed E-state index contributed by atoms with van der Waals surface area (Å²) in [5.41, 5.74) is 0.169. The Morgan fingerprint density at radius 3 is 2.89 bits per heavy atom. The highest BCUT2D eigenvalue weighted by molar-refractivity contribution is 9.09. The maximum Gasteiger partial charge on any atom is 0.270 e. The number of nitrogens with zero attached hydrogens (tertiary/aromatic N) is 1. The van der Waals surface area contributed by atoms with Crippen molar-refractivity contribution in [2.75, 3.05) is 25.1 Å². The second-order valence-electron chi connectivity index (χ2n) is 3.36. The Morgan fingerprint density at radius 2 is 2.22 bits per heavy atom. The molecule has 1 N–H and O–H groups in total. The number of nitro groups is 1. The number of carbonyl (C=O) groups is 1. The summed E-state index contributed by atoms with van der Waals surface area (Å²) in [4.78, 5) is 21.7. The zero-order valence-corrected chi connectivity index (χ0v) is 11.2. The summed E-state index contributed by atoms with van der Waals surface area (Å²) in [6, 6.07) is 5.60. The van der Waals surface area contributed by atoms with Gasteiger partial charge in [0.2, 0.25) is 0 Å². The zero-order valence-electron chi connectivity index (χ0n) is 9.60. The lowest BCUT2D eigenvalue weighted by Crippen LogP contribution is -2.27. The highest BCUT2D eigenvalue weighted by Gasteiger charge is 2.10. The normalized spacial score (nSPS) is 10.1. The second kappa shape index (κ2) is 7.78. The van der Waals surface area contributed by atoms with Gasteiger partial charge in [0.25, 0.3) is 11.6 Å². The SMILES string of the molecule is O=C(NCCOCCBr)c1cccc([N+](=O)[O-])c1. The maximum absolute atomic E-state index is 11.7. The molecule has 0 radical (unpaired) electrons. The lowest BCUT2D eigenvalue weighted by molar-refractivity contribution is -0.384. The van der Waals surface area contributed by atoms with Gasteiger partial charge < -0.3 is 10.1 Å². The molecular formula is C11H13BrN2O4. The molecule has 0 atom stereocenters. The van der Waals surface area contributed by atoms with Gasteiger partial charge in [0.1, 0.15) is 0 Å². The van der Waals surface area contributed by atoms with E-state index in [2.05, 4.69) is 21.2 Å². The molecule has 1 rings (SSSR count). The molecule has 0 spiro atoms. The number of rotatable bonds is 7. The second-order valence-corrected chi connectivity index (χ2v) is 4.16. The van der Waals surface area contributed by atoms with E-state index in [1.165, 1.54) is 24.3 Å². The Morgan fingerprint density at radius 1 is 1.44 bits per heavy atom. The van der Waals surface area contributed by atoms with Crippen LogP contribution in [0.1, 0.15) is 10.4 Å². The van der Waals surface area contributed by atoms with Crippen LogP contribution in [0.2, 0.25) is 0 Å². The molecule has 0 saturated heterocycles. The van der Waals surface area contributed by atoms with Gasteiger partial charge in [-0.15, -0.1) is 0 Å². The van der Waals surface area contributed by atoms with Crippen molar-refractivity contribution < 1.29 is 14.5 Å². The molecular weight excluding hydrogens is 304 g/mol. The molecule has 0 aliphatic carbocycles. The van der Waals surface area contributed by atoms with E-state index >= 15 is 0 Å². The van der Waals surface area contributed by atoms with Crippen LogP contribution in [0, 0.1) is 10.1 Å². The lowest BCUT2D eigenvalue weighted by atomic mass is 10.2. The van der Waals surface area contributed by atoms with Crippen molar-refractivity contribution in [1.82, 2.24) is 5.32 Å². The molecule has 0 heterocycles. The molecule has 0 saturated carbocycles. The first-order chi connectivity index (χ1) is 8.65. The van der Waals surface area contributed by atoms with Crippen LogP contribution >= 0.6 is 15.9 Å². The molecule has 98 valence electrons. The van der Waals surface area contributed by atoms with Crippen molar-refractivity contribution in [3.63, 3.8) is 0 Å². The lowest BCUT2D eigenvalue weighted by Gasteiger charge is -2.05. The summed E-state index contributed by atoms with van der Waals surface area (Å²) in [5, 5.41) is 13.9. The number of hydrogen-bond acceptors (Lipinski definition) is 4. The largest absolute Gasteiger partial charge is 0.379 e. The highest BCUT2D eigenvalue weighted by Crippen LogP contribution is 2.12. The maximum atomic E-state index is 11.7. The number of benzene rings is 1. The van der Waals surface area contributed by atoms with Crippen molar-refractivity contribution in [3.8, 4) is 0 Å². The summed E-state index contributed by atoms with van der Waals surface area (Å²) >= 11 is 3.21. The molecule has 1 aromatic carbocycles. The summed E-state index contributed by atoms with van der Waals surface area (Å²) in [6.07, 6.45) is 0. The Balaban J connectivity index is 2.46. The molecule has 0 unspecified atom stereocenters. The average Bonchev–Trinajstić information content (AvgIpc) is 2.38. The fourth-order valence-corrected chi connectivity index (χ4v) is 1.49. The minimum Gasteiger partial charge on any atom is -0.379 e. The molecule has 0 aliphatic heterocycles. The smallest absolute Gasteiger partial charge is 0.270 e. The van der Waals surface area contributed by atoms with Crippen molar-refractivity contribution in [1.29, 1.82) is 0 Å². The third-order valence-electron chi connectivity index (χ3n) is 2.07. The van der Waals surface area contributed by atoms with Crippen molar-refractivity contribution in [2.24, 2.45) is 0 Å². The first kappa shape index (κ1) is 14.6. The molecule has 7 heteroatoms. The molecule has 1 amide bonds. The van der Waals surface area contributed by atoms with Crippen LogP contribution in [0.15, 0.2) is 24.3 Å². The van der Waals surface area contributed by atoms with Crippen molar-refractivity contribution in [2.45, 2.75) is 0 Å². The van der Waals surface area contributed by atoms with Crippen LogP contribution in [0.5, 0.6) is 0 Å². The Hall–Kier alpha value is -1.47. The molecule has 0 aliphatic rings. The van der Waals surface area contributed by atoms with Gasteiger partial charge in [-0.1, -0.05) is 22.0 Å². The Labute approximate surface area is 113 Å². The fourth-order valence-electron chi connectivity index (χ4n) is 1.26. The van der Waals surface area contributed by atoms with Gasteiger partial charge in [0.05, 0.1) is 18.1 Å². The monoisotopic (exact) mass is 316 g/mol. The molecule has 0 fully saturated rings. The van der Waals surface area contributed by atoms with Crippen LogP contribution in [0.25, 0.3) is 0 Å². The van der Waals surface area contributed by atoms with Gasteiger partial charge in [0.15, 0.2) is 0 Å². The minimum atomic E-state index is -0.532. The van der Waals surface area contributed by atoms with Gasteiger partial charge in [-0.3, -0.25) is 14.9 Å². The van der Waals surface area contributed by atoms with Crippen molar-refractivity contribution in [3.05, 3.63) is 39.9 Å². The van der Waals surface area contributed by atoms with E-state index in [9.17, 15) is 14.9 Å². The van der Waals surface area contributed by atoms with E-state index in [4.69, 9.17) is 4.74 Å². The van der Waals surface area contributed by atoms with E-state index in [1.54, 1.807) is 0 Å². The van der Waals surface area contributed by atoms with E-state index in [0.29, 0.717) is 19.8 Å². The first-order valence-electron chi connectivity index (χ1n) is 5.31. The summed E-state index contributed by atoms with van der Waals surface area (Å²) in [5.74, 6) is -0.346. The van der Waals surface area contributed by atoms with Crippen LogP contribution in [0.4, 0.5) is 5.69 Å². The number of ether oxygens (including phenoxy) is 1. The summed E-state index contributed by atoms with van der Waals surface area (Å²) in [7, 11) is 0. The molecule has 1 aromatic rings. The number of amides is 1. The number of non-ortho nitro benzene ring substituents is 1. The van der Waals surface area contributed by atoms with Crippen LogP contribution in [-0.4, -0.2) is 35.9 Å². The van der Waals surface area contributed by atoms with Gasteiger partial charge in [-0.25, -0.2) is 0 Å². The van der Waals surface area contributed by atoms with E-state index < -0.39 is 4.92 Å². The summed E-state index contributed by atoms with van der Waals surface area (Å²) in [6.45, 7) is 1.35. The van der Waals surface area contributed by atoms with Crippen molar-refractivity contribution >= 4 is 27.5 Å². The van der Waals surface area contributed by atoms with Crippen LogP contribution < -0.4 is 5.32 Å². The van der Waals surface area contributed by atoms with Gasteiger partial charge in [-0.2, -0.15) is 0 Å². The minimum absolute atomic E-state index is 0.0989. The molecule has 0 bridgehead atoms. The van der Waals surface area contributed by atoms with E-state index in [0.717, 1.165) is 5.33 Å². The zero-order chi connectivity index (χ0) is 13.4. The highest BCUT2D eigenvalue weighted by atomic mass is 79.9. The van der Waals surface area contributed by atoms with E-state index in [1.807, 2.05) is 0 Å². The molecule has 0 aromatic heterocycles. The number of nitrogens with one attached hydrogen (secondary N) is 1. The predicted molar refractivity (Wildman–Crippen MR) is 70.0 cm³/mol. The van der Waals surface area contributed by atoms with Gasteiger partial charge in [0, 0.05) is 29.6 Å². The molecule has 6 nitrogen and oxygen atoms in total. The number of carbonyl (C=O) groups excluding carboxylic acids is 1. The standard InChI is InChI=1S/C11H13BrN2O4/c12-4-6-18-7-5-13-11(15)9-2-1-3-10(8-9)14(16)17/h1-3,8H,4-7H2,(H,13,15). The van der Waals surface area contributed by atoms with E-state index in [-0.39, 0.29) is 17.2 Å². The fraction of sp³-hybridized carbons (Fsp3) is 0.364. The third-order valence-corrected chi connectivity index (χ3v) is 2.40. The summed E-state index contributed by atoms with van der Waals surface area (Å²) < 4.78 is 5.16. The number of hydrogen-bond donors (Lipinski definition) is 1.